The molecule has 0 saturated carbocycles. The number of fused-ring (bicyclic) bond motifs is 1. The maximum absolute atomic E-state index is 12.5. The Balaban J connectivity index is 1.60. The Bertz CT molecular complexity index is 1220. The number of nitrogens with zero attached hydrogens (tertiary/aromatic N) is 4. The standard InChI is InChI=1S/C23H22ClN5O2/c1-28(2)12-11-25-23(30)17-6-3-5-16(13-17)20-15-26-21-9-10-22(27-29(20)21)31-19-8-4-7-18(24)14-19/h3-10,13-15H,11-12H2,1-2H3,(H,25,30). The number of hydrogen-bond acceptors (Lipinski definition) is 5. The number of aromatic nitrogens is 3. The maximum atomic E-state index is 12.5. The summed E-state index contributed by atoms with van der Waals surface area (Å²) in [5.74, 6) is 0.888. The van der Waals surface area contributed by atoms with Crippen LogP contribution in [0.4, 0.5) is 0 Å². The van der Waals surface area contributed by atoms with E-state index in [1.807, 2.05) is 55.4 Å². The molecule has 1 N–H and O–H groups in total. The normalized spacial score (nSPS) is 11.1. The van der Waals surface area contributed by atoms with Gasteiger partial charge in [0.1, 0.15) is 5.75 Å². The molecule has 0 unspecified atom stereocenters. The Morgan fingerprint density at radius 2 is 1.97 bits per heavy atom. The molecule has 8 heteroatoms. The molecule has 2 heterocycles. The van der Waals surface area contributed by atoms with Crippen molar-refractivity contribution in [3.8, 4) is 22.9 Å². The molecular formula is C23H22ClN5O2. The Morgan fingerprint density at radius 1 is 1.13 bits per heavy atom. The van der Waals surface area contributed by atoms with Gasteiger partial charge < -0.3 is 15.0 Å². The van der Waals surface area contributed by atoms with E-state index in [4.69, 9.17) is 16.3 Å². The number of likely N-dealkylation sites (N-methyl/N-ethyl adjacent to an activating group) is 1. The summed E-state index contributed by atoms with van der Waals surface area (Å²) in [7, 11) is 3.93. The fourth-order valence-electron chi connectivity index (χ4n) is 3.07. The van der Waals surface area contributed by atoms with Crippen molar-refractivity contribution in [2.45, 2.75) is 0 Å². The van der Waals surface area contributed by atoms with Crippen LogP contribution in [0, 0.1) is 0 Å². The minimum atomic E-state index is -0.115. The van der Waals surface area contributed by atoms with Crippen molar-refractivity contribution in [2.75, 3.05) is 27.2 Å². The third-order valence-corrected chi connectivity index (χ3v) is 4.86. The molecule has 4 rings (SSSR count). The van der Waals surface area contributed by atoms with Crippen LogP contribution in [0.25, 0.3) is 16.9 Å². The second-order valence-electron chi connectivity index (χ2n) is 7.28. The number of carbonyl (C=O) groups excluding carboxylic acids is 1. The van der Waals surface area contributed by atoms with Crippen molar-refractivity contribution >= 4 is 23.2 Å². The van der Waals surface area contributed by atoms with Gasteiger partial charge in [-0.05, 0) is 50.5 Å². The van der Waals surface area contributed by atoms with Gasteiger partial charge in [0, 0.05) is 35.3 Å². The zero-order chi connectivity index (χ0) is 21.8. The first kappa shape index (κ1) is 20.8. The molecule has 0 bridgehead atoms. The monoisotopic (exact) mass is 435 g/mol. The van der Waals surface area contributed by atoms with Crippen molar-refractivity contribution in [2.24, 2.45) is 0 Å². The van der Waals surface area contributed by atoms with Gasteiger partial charge in [0.2, 0.25) is 5.88 Å². The Morgan fingerprint density at radius 3 is 2.77 bits per heavy atom. The fraction of sp³-hybridized carbons (Fsp3) is 0.174. The lowest BCUT2D eigenvalue weighted by atomic mass is 10.1. The van der Waals surface area contributed by atoms with Gasteiger partial charge in [0.25, 0.3) is 5.91 Å². The molecule has 0 radical (unpaired) electrons. The van der Waals surface area contributed by atoms with E-state index in [0.717, 1.165) is 17.8 Å². The molecule has 0 aliphatic carbocycles. The van der Waals surface area contributed by atoms with Crippen molar-refractivity contribution in [3.05, 3.63) is 77.4 Å². The molecule has 31 heavy (non-hydrogen) atoms. The molecule has 158 valence electrons. The van der Waals surface area contributed by atoms with Gasteiger partial charge in [-0.15, -0.1) is 5.10 Å². The second-order valence-corrected chi connectivity index (χ2v) is 7.72. The molecule has 0 saturated heterocycles. The quantitative estimate of drug-likeness (QED) is 0.472. The maximum Gasteiger partial charge on any atom is 0.251 e. The SMILES string of the molecule is CN(C)CCNC(=O)c1cccc(-c2cnc3ccc(Oc4cccc(Cl)c4)nn23)c1. The van der Waals surface area contributed by atoms with Crippen LogP contribution in [0.2, 0.25) is 5.02 Å². The van der Waals surface area contributed by atoms with E-state index >= 15 is 0 Å². The molecule has 4 aromatic rings. The Kier molecular flexibility index (Phi) is 6.16. The Labute approximate surface area is 185 Å². The summed E-state index contributed by atoms with van der Waals surface area (Å²) in [4.78, 5) is 18.9. The van der Waals surface area contributed by atoms with Gasteiger partial charge in [-0.2, -0.15) is 0 Å². The average molecular weight is 436 g/mol. The molecule has 7 nitrogen and oxygen atoms in total. The summed E-state index contributed by atoms with van der Waals surface area (Å²) < 4.78 is 7.54. The average Bonchev–Trinajstić information content (AvgIpc) is 3.17. The summed E-state index contributed by atoms with van der Waals surface area (Å²) in [6.45, 7) is 1.36. The number of imidazole rings is 1. The lowest BCUT2D eigenvalue weighted by molar-refractivity contribution is 0.0951. The van der Waals surface area contributed by atoms with Crippen LogP contribution in [-0.4, -0.2) is 52.6 Å². The first-order valence-corrected chi connectivity index (χ1v) is 10.2. The third kappa shape index (κ3) is 5.02. The summed E-state index contributed by atoms with van der Waals surface area (Å²) >= 11 is 6.03. The second kappa shape index (κ2) is 9.16. The highest BCUT2D eigenvalue weighted by Crippen LogP contribution is 2.25. The number of benzene rings is 2. The predicted molar refractivity (Wildman–Crippen MR) is 121 cm³/mol. The number of nitrogens with one attached hydrogen (secondary N) is 1. The molecule has 2 aromatic carbocycles. The highest BCUT2D eigenvalue weighted by atomic mass is 35.5. The highest BCUT2D eigenvalue weighted by Gasteiger charge is 2.12. The number of rotatable bonds is 7. The van der Waals surface area contributed by atoms with Gasteiger partial charge >= 0.3 is 0 Å². The van der Waals surface area contributed by atoms with E-state index in [-0.39, 0.29) is 5.91 Å². The van der Waals surface area contributed by atoms with Crippen LogP contribution in [0.5, 0.6) is 11.6 Å². The third-order valence-electron chi connectivity index (χ3n) is 4.62. The van der Waals surface area contributed by atoms with Crippen molar-refractivity contribution < 1.29 is 9.53 Å². The largest absolute Gasteiger partial charge is 0.438 e. The summed E-state index contributed by atoms with van der Waals surface area (Å²) in [6, 6.07) is 18.1. The molecule has 2 aromatic heterocycles. The summed E-state index contributed by atoms with van der Waals surface area (Å²) in [5.41, 5.74) is 2.85. The highest BCUT2D eigenvalue weighted by molar-refractivity contribution is 6.30. The summed E-state index contributed by atoms with van der Waals surface area (Å²) in [5, 5.41) is 8.08. The molecule has 0 spiro atoms. The van der Waals surface area contributed by atoms with E-state index < -0.39 is 0 Å². The van der Waals surface area contributed by atoms with Crippen LogP contribution in [0.3, 0.4) is 0 Å². The number of hydrogen-bond donors (Lipinski definition) is 1. The van der Waals surface area contributed by atoms with Crippen LogP contribution in [-0.2, 0) is 0 Å². The number of carbonyl (C=O) groups is 1. The zero-order valence-corrected chi connectivity index (χ0v) is 18.0. The minimum absolute atomic E-state index is 0.115. The van der Waals surface area contributed by atoms with Gasteiger partial charge in [0.15, 0.2) is 5.65 Å². The number of ether oxygens (including phenoxy) is 1. The van der Waals surface area contributed by atoms with Gasteiger partial charge in [-0.25, -0.2) is 9.50 Å². The Hall–Kier alpha value is -3.42. The first-order valence-electron chi connectivity index (χ1n) is 9.81. The van der Waals surface area contributed by atoms with Gasteiger partial charge in [0.05, 0.1) is 11.9 Å². The van der Waals surface area contributed by atoms with Crippen LogP contribution < -0.4 is 10.1 Å². The first-order chi connectivity index (χ1) is 15.0. The fourth-order valence-corrected chi connectivity index (χ4v) is 3.25. The van der Waals surface area contributed by atoms with Gasteiger partial charge in [-0.1, -0.05) is 29.8 Å². The lowest BCUT2D eigenvalue weighted by Crippen LogP contribution is -2.31. The smallest absolute Gasteiger partial charge is 0.251 e. The predicted octanol–water partition coefficient (Wildman–Crippen LogP) is 4.13. The molecule has 0 fully saturated rings. The molecule has 0 atom stereocenters. The van der Waals surface area contributed by atoms with Crippen LogP contribution >= 0.6 is 11.6 Å². The molecular weight excluding hydrogens is 414 g/mol. The number of halogens is 1. The zero-order valence-electron chi connectivity index (χ0n) is 17.2. The molecule has 0 aliphatic rings. The van der Waals surface area contributed by atoms with Gasteiger partial charge in [-0.3, -0.25) is 4.79 Å². The van der Waals surface area contributed by atoms with E-state index in [9.17, 15) is 4.79 Å². The van der Waals surface area contributed by atoms with E-state index in [1.54, 1.807) is 35.0 Å². The van der Waals surface area contributed by atoms with Crippen LogP contribution in [0.1, 0.15) is 10.4 Å². The van der Waals surface area contributed by atoms with Crippen molar-refractivity contribution in [1.29, 1.82) is 0 Å². The van der Waals surface area contributed by atoms with Crippen molar-refractivity contribution in [3.63, 3.8) is 0 Å². The molecule has 1 amide bonds. The van der Waals surface area contributed by atoms with E-state index in [2.05, 4.69) is 15.4 Å². The topological polar surface area (TPSA) is 71.8 Å². The number of amides is 1. The lowest BCUT2D eigenvalue weighted by Gasteiger charge is -2.11. The van der Waals surface area contributed by atoms with Crippen LogP contribution in [0.15, 0.2) is 66.9 Å². The van der Waals surface area contributed by atoms with E-state index in [0.29, 0.717) is 34.4 Å². The van der Waals surface area contributed by atoms with E-state index in [1.165, 1.54) is 0 Å². The minimum Gasteiger partial charge on any atom is -0.438 e. The summed E-state index contributed by atoms with van der Waals surface area (Å²) in [6.07, 6.45) is 1.73. The molecule has 0 aliphatic heterocycles. The van der Waals surface area contributed by atoms with Crippen molar-refractivity contribution in [1.82, 2.24) is 24.8 Å².